The van der Waals surface area contributed by atoms with Crippen LogP contribution in [0.2, 0.25) is 0 Å². The Morgan fingerprint density at radius 3 is 2.11 bits per heavy atom. The summed E-state index contributed by atoms with van der Waals surface area (Å²) in [4.78, 5) is 36.9. The zero-order chi connectivity index (χ0) is 25.2. The van der Waals surface area contributed by atoms with Crippen molar-refractivity contribution >= 4 is 23.2 Å². The van der Waals surface area contributed by atoms with Gasteiger partial charge in [0.05, 0.1) is 6.04 Å². The van der Waals surface area contributed by atoms with Crippen molar-refractivity contribution in [2.24, 2.45) is 0 Å². The average molecular weight is 509 g/mol. The second-order valence-corrected chi connectivity index (χ2v) is 10.5. The third-order valence-corrected chi connectivity index (χ3v) is 8.14. The molecule has 4 aromatic rings. The summed E-state index contributed by atoms with van der Waals surface area (Å²) in [6, 6.07) is 28.5. The number of nitrogens with zero attached hydrogens (tertiary/aromatic N) is 4. The predicted molar refractivity (Wildman–Crippen MR) is 145 cm³/mol. The Kier molecular flexibility index (Phi) is 6.55. The lowest BCUT2D eigenvalue weighted by Crippen LogP contribution is -2.64. The minimum atomic E-state index is -0.0402. The van der Waals surface area contributed by atoms with Crippen molar-refractivity contribution < 1.29 is 9.59 Å². The average Bonchev–Trinajstić information content (AvgIpc) is 3.48. The first-order valence-electron chi connectivity index (χ1n) is 12.6. The molecule has 2 fully saturated rings. The fourth-order valence-electron chi connectivity index (χ4n) is 5.26. The number of rotatable bonds is 5. The van der Waals surface area contributed by atoms with Crippen LogP contribution in [0.5, 0.6) is 0 Å². The molecule has 0 saturated carbocycles. The van der Waals surface area contributed by atoms with Gasteiger partial charge in [0.2, 0.25) is 0 Å². The SMILES string of the molecule is O=C(c1ccc(-c2ccccc2)cc1)N1CC(N2CCN(C(=O)c3nccs3)C(c3ccccc3)C2)C1. The van der Waals surface area contributed by atoms with Gasteiger partial charge in [-0.25, -0.2) is 4.98 Å². The third-order valence-electron chi connectivity index (χ3n) is 7.38. The Balaban J connectivity index is 1.11. The zero-order valence-corrected chi connectivity index (χ0v) is 21.3. The molecule has 3 aromatic carbocycles. The van der Waals surface area contributed by atoms with Gasteiger partial charge in [-0.05, 0) is 28.8 Å². The molecule has 1 aromatic heterocycles. The van der Waals surface area contributed by atoms with Crippen LogP contribution >= 0.6 is 11.3 Å². The quantitative estimate of drug-likeness (QED) is 0.387. The summed E-state index contributed by atoms with van der Waals surface area (Å²) >= 11 is 1.39. The van der Waals surface area contributed by atoms with Gasteiger partial charge in [-0.2, -0.15) is 0 Å². The van der Waals surface area contributed by atoms with Crippen molar-refractivity contribution in [3.63, 3.8) is 0 Å². The molecule has 186 valence electrons. The van der Waals surface area contributed by atoms with Crippen molar-refractivity contribution in [1.29, 1.82) is 0 Å². The van der Waals surface area contributed by atoms with E-state index in [2.05, 4.69) is 34.1 Å². The molecular formula is C30H28N4O2S. The highest BCUT2D eigenvalue weighted by molar-refractivity contribution is 7.11. The van der Waals surface area contributed by atoms with Gasteiger partial charge in [0.1, 0.15) is 0 Å². The van der Waals surface area contributed by atoms with E-state index in [1.165, 1.54) is 11.3 Å². The van der Waals surface area contributed by atoms with Crippen molar-refractivity contribution in [3.8, 4) is 11.1 Å². The lowest BCUT2D eigenvalue weighted by Gasteiger charge is -2.50. The molecule has 3 heterocycles. The molecule has 37 heavy (non-hydrogen) atoms. The van der Waals surface area contributed by atoms with Crippen LogP contribution in [0.25, 0.3) is 11.1 Å². The lowest BCUT2D eigenvalue weighted by atomic mass is 9.97. The molecular weight excluding hydrogens is 480 g/mol. The Labute approximate surface area is 220 Å². The first-order chi connectivity index (χ1) is 18.2. The Hall–Kier alpha value is -3.81. The van der Waals surface area contributed by atoms with E-state index >= 15 is 0 Å². The smallest absolute Gasteiger partial charge is 0.283 e. The minimum absolute atomic E-state index is 0.00661. The fraction of sp³-hybridized carbons (Fsp3) is 0.233. The van der Waals surface area contributed by atoms with E-state index in [1.807, 2.05) is 75.8 Å². The molecule has 2 aliphatic heterocycles. The highest BCUT2D eigenvalue weighted by Crippen LogP contribution is 2.31. The van der Waals surface area contributed by atoms with Crippen LogP contribution in [0.15, 0.2) is 96.5 Å². The molecule has 2 aliphatic rings. The van der Waals surface area contributed by atoms with E-state index in [1.54, 1.807) is 6.20 Å². The summed E-state index contributed by atoms with van der Waals surface area (Å²) in [5, 5.41) is 2.38. The summed E-state index contributed by atoms with van der Waals surface area (Å²) < 4.78 is 0. The van der Waals surface area contributed by atoms with E-state index in [4.69, 9.17) is 0 Å². The number of amides is 2. The van der Waals surface area contributed by atoms with Gasteiger partial charge in [-0.3, -0.25) is 14.5 Å². The topological polar surface area (TPSA) is 56.8 Å². The van der Waals surface area contributed by atoms with Crippen LogP contribution < -0.4 is 0 Å². The first kappa shape index (κ1) is 23.6. The molecule has 2 amide bonds. The molecule has 0 bridgehead atoms. The number of piperazine rings is 1. The van der Waals surface area contributed by atoms with Crippen LogP contribution in [0, 0.1) is 0 Å². The largest absolute Gasteiger partial charge is 0.335 e. The minimum Gasteiger partial charge on any atom is -0.335 e. The summed E-state index contributed by atoms with van der Waals surface area (Å²) in [5.41, 5.74) is 4.10. The molecule has 1 atom stereocenters. The monoisotopic (exact) mass is 508 g/mol. The normalized spacial score (nSPS) is 18.4. The van der Waals surface area contributed by atoms with Crippen molar-refractivity contribution in [3.05, 3.63) is 113 Å². The molecule has 0 N–H and O–H groups in total. The molecule has 0 spiro atoms. The number of benzene rings is 3. The molecule has 1 unspecified atom stereocenters. The van der Waals surface area contributed by atoms with Crippen LogP contribution in [0.4, 0.5) is 0 Å². The highest BCUT2D eigenvalue weighted by atomic mass is 32.1. The van der Waals surface area contributed by atoms with Gasteiger partial charge in [0.25, 0.3) is 11.8 Å². The van der Waals surface area contributed by atoms with Crippen LogP contribution in [-0.4, -0.2) is 70.3 Å². The molecule has 7 heteroatoms. The summed E-state index contributed by atoms with van der Waals surface area (Å²) in [7, 11) is 0. The number of hydrogen-bond donors (Lipinski definition) is 0. The number of hydrogen-bond acceptors (Lipinski definition) is 5. The van der Waals surface area contributed by atoms with Crippen LogP contribution in [-0.2, 0) is 0 Å². The van der Waals surface area contributed by atoms with Gasteiger partial charge in [-0.1, -0.05) is 72.8 Å². The second-order valence-electron chi connectivity index (χ2n) is 9.56. The Bertz CT molecular complexity index is 1350. The van der Waals surface area contributed by atoms with Crippen molar-refractivity contribution in [2.75, 3.05) is 32.7 Å². The van der Waals surface area contributed by atoms with E-state index in [0.29, 0.717) is 30.7 Å². The summed E-state index contributed by atoms with van der Waals surface area (Å²) in [6.45, 7) is 3.60. The van der Waals surface area contributed by atoms with Crippen molar-refractivity contribution in [2.45, 2.75) is 12.1 Å². The fourth-order valence-corrected chi connectivity index (χ4v) is 5.85. The number of likely N-dealkylation sites (tertiary alicyclic amines) is 1. The maximum absolute atomic E-state index is 13.2. The predicted octanol–water partition coefficient (Wildman–Crippen LogP) is 4.83. The highest BCUT2D eigenvalue weighted by Gasteiger charge is 2.40. The lowest BCUT2D eigenvalue weighted by molar-refractivity contribution is -0.00755. The molecule has 0 aliphatic carbocycles. The maximum atomic E-state index is 13.2. The Morgan fingerprint density at radius 1 is 0.757 bits per heavy atom. The van der Waals surface area contributed by atoms with Gasteiger partial charge in [0.15, 0.2) is 5.01 Å². The molecule has 6 nitrogen and oxygen atoms in total. The number of carbonyl (C=O) groups is 2. The number of carbonyl (C=O) groups excluding carboxylic acids is 2. The van der Waals surface area contributed by atoms with Crippen molar-refractivity contribution in [1.82, 2.24) is 19.7 Å². The Morgan fingerprint density at radius 2 is 1.43 bits per heavy atom. The van der Waals surface area contributed by atoms with Gasteiger partial charge < -0.3 is 9.80 Å². The molecule has 0 radical (unpaired) electrons. The third kappa shape index (κ3) is 4.80. The van der Waals surface area contributed by atoms with Crippen LogP contribution in [0.3, 0.4) is 0 Å². The van der Waals surface area contributed by atoms with E-state index < -0.39 is 0 Å². The number of aromatic nitrogens is 1. The van der Waals surface area contributed by atoms with E-state index in [9.17, 15) is 9.59 Å². The summed E-state index contributed by atoms with van der Waals surface area (Å²) in [6.07, 6.45) is 1.68. The zero-order valence-electron chi connectivity index (χ0n) is 20.4. The van der Waals surface area contributed by atoms with E-state index in [-0.39, 0.29) is 17.9 Å². The van der Waals surface area contributed by atoms with Gasteiger partial charge in [0, 0.05) is 55.9 Å². The van der Waals surface area contributed by atoms with Gasteiger partial charge >= 0.3 is 0 Å². The van der Waals surface area contributed by atoms with Crippen LogP contribution in [0.1, 0.15) is 31.8 Å². The summed E-state index contributed by atoms with van der Waals surface area (Å²) in [5.74, 6) is 0.0703. The van der Waals surface area contributed by atoms with E-state index in [0.717, 1.165) is 35.3 Å². The standard InChI is InChI=1S/C30H28N4O2S/c35-29(25-13-11-23(12-14-25)22-7-3-1-4-8-22)33-19-26(20-33)32-16-17-34(30(36)28-31-15-18-37-28)27(21-32)24-9-5-2-6-10-24/h1-15,18,26-27H,16-17,19-21H2. The van der Waals surface area contributed by atoms with Gasteiger partial charge in [-0.15, -0.1) is 11.3 Å². The first-order valence-corrected chi connectivity index (χ1v) is 13.5. The molecule has 6 rings (SSSR count). The molecule has 2 saturated heterocycles. The maximum Gasteiger partial charge on any atom is 0.283 e. The number of thiazole rings is 1. The second kappa shape index (κ2) is 10.3.